The van der Waals surface area contributed by atoms with Crippen LogP contribution in [-0.4, -0.2) is 46.7 Å². The minimum Gasteiger partial charge on any atom is -0.333 e. The zero-order chi connectivity index (χ0) is 11.8. The zero-order valence-corrected chi connectivity index (χ0v) is 9.35. The second-order valence-corrected chi connectivity index (χ2v) is 4.58. The Bertz CT molecular complexity index is 478. The first-order valence-electron chi connectivity index (χ1n) is 5.83. The molecule has 3 rings (SSSR count). The number of hydrogen-bond acceptors (Lipinski definition) is 4. The van der Waals surface area contributed by atoms with E-state index in [2.05, 4.69) is 15.5 Å². The number of H-pyrrole nitrogens is 1. The molecule has 0 radical (unpaired) electrons. The van der Waals surface area contributed by atoms with Crippen LogP contribution in [0, 0.1) is 5.92 Å². The molecule has 3 heterocycles. The van der Waals surface area contributed by atoms with Crippen molar-refractivity contribution in [1.29, 1.82) is 0 Å². The van der Waals surface area contributed by atoms with E-state index in [1.807, 2.05) is 4.90 Å². The molecule has 1 aromatic rings. The monoisotopic (exact) mass is 234 g/mol. The summed E-state index contributed by atoms with van der Waals surface area (Å²) in [6.45, 7) is 2.64. The van der Waals surface area contributed by atoms with Gasteiger partial charge in [0.2, 0.25) is 0 Å². The van der Waals surface area contributed by atoms with E-state index >= 15 is 0 Å². The average Bonchev–Trinajstić information content (AvgIpc) is 2.90. The number of nitrogens with zero attached hydrogens (tertiary/aromatic N) is 2. The van der Waals surface area contributed by atoms with Gasteiger partial charge in [-0.3, -0.25) is 9.59 Å². The Morgan fingerprint density at radius 1 is 1.41 bits per heavy atom. The number of nitrogens with one attached hydrogen (secondary N) is 2. The number of hydrogen-bond donors (Lipinski definition) is 2. The molecule has 0 bridgehead atoms. The van der Waals surface area contributed by atoms with Crippen molar-refractivity contribution >= 4 is 5.91 Å². The number of likely N-dealkylation sites (tertiary alicyclic amines) is 1. The third-order valence-electron chi connectivity index (χ3n) is 3.60. The molecule has 90 valence electrons. The van der Waals surface area contributed by atoms with Gasteiger partial charge in [-0.15, -0.1) is 0 Å². The summed E-state index contributed by atoms with van der Waals surface area (Å²) in [5, 5.41) is 9.38. The van der Waals surface area contributed by atoms with Gasteiger partial charge in [0.15, 0.2) is 0 Å². The second-order valence-electron chi connectivity index (χ2n) is 4.58. The molecular weight excluding hydrogens is 220 g/mol. The van der Waals surface area contributed by atoms with Crippen LogP contribution in [0.25, 0.3) is 0 Å². The third kappa shape index (κ3) is 1.74. The lowest BCUT2D eigenvalue weighted by atomic mass is 10.1. The van der Waals surface area contributed by atoms with Gasteiger partial charge < -0.3 is 10.2 Å². The van der Waals surface area contributed by atoms with E-state index in [0.29, 0.717) is 11.6 Å². The maximum Gasteiger partial charge on any atom is 0.274 e. The Balaban J connectivity index is 1.82. The molecule has 2 saturated heterocycles. The minimum absolute atomic E-state index is 0.0857. The van der Waals surface area contributed by atoms with Crippen LogP contribution in [0.3, 0.4) is 0 Å². The van der Waals surface area contributed by atoms with Crippen LogP contribution >= 0.6 is 0 Å². The molecule has 0 saturated carbocycles. The Morgan fingerprint density at radius 3 is 3.06 bits per heavy atom. The molecule has 1 aromatic heterocycles. The van der Waals surface area contributed by atoms with Gasteiger partial charge >= 0.3 is 0 Å². The molecule has 2 fully saturated rings. The molecule has 17 heavy (non-hydrogen) atoms. The first kappa shape index (κ1) is 10.5. The molecule has 6 heteroatoms. The third-order valence-corrected chi connectivity index (χ3v) is 3.60. The van der Waals surface area contributed by atoms with Gasteiger partial charge in [-0.2, -0.15) is 5.10 Å². The van der Waals surface area contributed by atoms with Crippen molar-refractivity contribution in [3.05, 3.63) is 28.2 Å². The number of carbonyl (C=O) groups excluding carboxylic acids is 1. The molecule has 6 nitrogen and oxygen atoms in total. The van der Waals surface area contributed by atoms with E-state index in [0.717, 1.165) is 26.1 Å². The van der Waals surface area contributed by atoms with Gasteiger partial charge in [0.1, 0.15) is 5.69 Å². The standard InChI is InChI=1S/C11H14N4O2/c16-10-2-1-8(13-14-10)11(17)15-4-3-7-5-12-6-9(7)15/h1-2,7,9,12H,3-6H2,(H,14,16)/t7-,9+/m0/s1. The van der Waals surface area contributed by atoms with Gasteiger partial charge in [-0.25, -0.2) is 5.10 Å². The topological polar surface area (TPSA) is 78.1 Å². The molecule has 2 N–H and O–H groups in total. The summed E-state index contributed by atoms with van der Waals surface area (Å²) in [6.07, 6.45) is 1.05. The van der Waals surface area contributed by atoms with E-state index < -0.39 is 0 Å². The van der Waals surface area contributed by atoms with Gasteiger partial charge in [0, 0.05) is 31.7 Å². The summed E-state index contributed by atoms with van der Waals surface area (Å²) in [7, 11) is 0. The molecule has 0 unspecified atom stereocenters. The number of aromatic nitrogens is 2. The summed E-state index contributed by atoms with van der Waals surface area (Å²) in [5.74, 6) is 0.485. The zero-order valence-electron chi connectivity index (χ0n) is 9.35. The van der Waals surface area contributed by atoms with Crippen LogP contribution in [0.1, 0.15) is 16.9 Å². The van der Waals surface area contributed by atoms with Crippen LogP contribution in [-0.2, 0) is 0 Å². The predicted molar refractivity (Wildman–Crippen MR) is 60.7 cm³/mol. The summed E-state index contributed by atoms with van der Waals surface area (Å²) >= 11 is 0. The number of amides is 1. The predicted octanol–water partition coefficient (Wildman–Crippen LogP) is -0.796. The largest absolute Gasteiger partial charge is 0.333 e. The van der Waals surface area contributed by atoms with Crippen molar-refractivity contribution in [3.8, 4) is 0 Å². The quantitative estimate of drug-likeness (QED) is 0.667. The lowest BCUT2D eigenvalue weighted by molar-refractivity contribution is 0.0729. The van der Waals surface area contributed by atoms with Crippen LogP contribution < -0.4 is 10.9 Å². The highest BCUT2D eigenvalue weighted by Crippen LogP contribution is 2.27. The number of rotatable bonds is 1. The summed E-state index contributed by atoms with van der Waals surface area (Å²) in [5.41, 5.74) is 0.0283. The molecule has 2 atom stereocenters. The molecule has 1 amide bonds. The van der Waals surface area contributed by atoms with Crippen LogP contribution in [0.4, 0.5) is 0 Å². The fraction of sp³-hybridized carbons (Fsp3) is 0.545. The molecule has 2 aliphatic heterocycles. The highest BCUT2D eigenvalue weighted by Gasteiger charge is 2.40. The Hall–Kier alpha value is -1.69. The maximum atomic E-state index is 12.2. The SMILES string of the molecule is O=C(c1ccc(=O)[nH]n1)N1CC[C@H]2CNC[C@H]21. The molecule has 0 spiro atoms. The Labute approximate surface area is 98.0 Å². The molecular formula is C11H14N4O2. The number of carbonyl (C=O) groups is 1. The van der Waals surface area contributed by atoms with Crippen molar-refractivity contribution in [1.82, 2.24) is 20.4 Å². The van der Waals surface area contributed by atoms with Crippen molar-refractivity contribution < 1.29 is 4.79 Å². The van der Waals surface area contributed by atoms with Crippen LogP contribution in [0.15, 0.2) is 16.9 Å². The molecule has 0 aliphatic carbocycles. The summed E-state index contributed by atoms with van der Waals surface area (Å²) in [6, 6.07) is 3.11. The second kappa shape index (κ2) is 3.96. The first-order chi connectivity index (χ1) is 8.25. The fourth-order valence-electron chi connectivity index (χ4n) is 2.71. The van der Waals surface area contributed by atoms with Gasteiger partial charge in [0.05, 0.1) is 0 Å². The highest BCUT2D eigenvalue weighted by molar-refractivity contribution is 5.92. The van der Waals surface area contributed by atoms with E-state index in [1.54, 1.807) is 0 Å². The van der Waals surface area contributed by atoms with Crippen molar-refractivity contribution in [3.63, 3.8) is 0 Å². The first-order valence-corrected chi connectivity index (χ1v) is 5.83. The lowest BCUT2D eigenvalue weighted by Gasteiger charge is -2.22. The van der Waals surface area contributed by atoms with E-state index in [9.17, 15) is 9.59 Å². The van der Waals surface area contributed by atoms with Crippen LogP contribution in [0.2, 0.25) is 0 Å². The lowest BCUT2D eigenvalue weighted by Crippen LogP contribution is -2.39. The number of fused-ring (bicyclic) bond motifs is 1. The average molecular weight is 234 g/mol. The van der Waals surface area contributed by atoms with Gasteiger partial charge in [-0.1, -0.05) is 0 Å². The summed E-state index contributed by atoms with van der Waals surface area (Å²) < 4.78 is 0. The van der Waals surface area contributed by atoms with Crippen molar-refractivity contribution in [2.75, 3.05) is 19.6 Å². The Kier molecular flexibility index (Phi) is 2.44. The number of aromatic amines is 1. The fourth-order valence-corrected chi connectivity index (χ4v) is 2.71. The Morgan fingerprint density at radius 2 is 2.29 bits per heavy atom. The van der Waals surface area contributed by atoms with Crippen LogP contribution in [0.5, 0.6) is 0 Å². The highest BCUT2D eigenvalue weighted by atomic mass is 16.2. The van der Waals surface area contributed by atoms with Crippen molar-refractivity contribution in [2.45, 2.75) is 12.5 Å². The molecule has 2 aliphatic rings. The smallest absolute Gasteiger partial charge is 0.274 e. The molecule has 0 aromatic carbocycles. The minimum atomic E-state index is -0.289. The maximum absolute atomic E-state index is 12.2. The van der Waals surface area contributed by atoms with E-state index in [4.69, 9.17) is 0 Å². The normalized spacial score (nSPS) is 27.2. The van der Waals surface area contributed by atoms with E-state index in [1.165, 1.54) is 12.1 Å². The van der Waals surface area contributed by atoms with Gasteiger partial charge in [0.25, 0.3) is 11.5 Å². The van der Waals surface area contributed by atoms with Gasteiger partial charge in [-0.05, 0) is 18.4 Å². The van der Waals surface area contributed by atoms with E-state index in [-0.39, 0.29) is 17.5 Å². The summed E-state index contributed by atoms with van der Waals surface area (Å²) in [4.78, 5) is 25.0. The van der Waals surface area contributed by atoms with Crippen molar-refractivity contribution in [2.24, 2.45) is 5.92 Å².